The second-order valence-corrected chi connectivity index (χ2v) is 13.4. The van der Waals surface area contributed by atoms with Gasteiger partial charge in [0.05, 0.1) is 11.4 Å². The molecule has 0 unspecified atom stereocenters. The Kier molecular flexibility index (Phi) is 9.46. The van der Waals surface area contributed by atoms with Crippen LogP contribution in [0.15, 0.2) is 42.0 Å². The predicted molar refractivity (Wildman–Crippen MR) is 147 cm³/mol. The average Bonchev–Trinajstić information content (AvgIpc) is 3.02. The molecular formula is C28H43N3O4S. The standard InChI is InChI=1S/C28H43N3O4S/c1-17(2)20(16-18(3)26(34)35)30(9)24(33)21(27(4,5)6)29-23(32)22-28(7,8)36-25(31(22)10)19-14-12-11-13-15-19/h11-17,20-22,25H,1-10H3,(H,29,32)(H,34,35)/b18-16+/t20-,21-,22+,25-/m1/s1. The Bertz CT molecular complexity index is 984. The summed E-state index contributed by atoms with van der Waals surface area (Å²) in [7, 11) is 3.63. The van der Waals surface area contributed by atoms with Crippen molar-refractivity contribution >= 4 is 29.5 Å². The number of amides is 2. The van der Waals surface area contributed by atoms with Crippen LogP contribution in [0, 0.1) is 11.3 Å². The van der Waals surface area contributed by atoms with E-state index in [2.05, 4.69) is 36.2 Å². The average molecular weight is 518 g/mol. The number of hydrogen-bond acceptors (Lipinski definition) is 5. The third-order valence-electron chi connectivity index (χ3n) is 6.82. The van der Waals surface area contributed by atoms with Crippen LogP contribution < -0.4 is 5.32 Å². The summed E-state index contributed by atoms with van der Waals surface area (Å²) in [6.45, 7) is 15.3. The fourth-order valence-electron chi connectivity index (χ4n) is 4.78. The number of carbonyl (C=O) groups is 3. The monoisotopic (exact) mass is 517 g/mol. The molecule has 1 aromatic rings. The summed E-state index contributed by atoms with van der Waals surface area (Å²) in [6.07, 6.45) is 1.61. The van der Waals surface area contributed by atoms with E-state index in [1.165, 1.54) is 6.92 Å². The first-order valence-electron chi connectivity index (χ1n) is 12.4. The molecular weight excluding hydrogens is 474 g/mol. The van der Waals surface area contributed by atoms with Crippen molar-refractivity contribution in [3.63, 3.8) is 0 Å². The van der Waals surface area contributed by atoms with Gasteiger partial charge in [-0.05, 0) is 44.7 Å². The van der Waals surface area contributed by atoms with Crippen molar-refractivity contribution in [3.05, 3.63) is 47.5 Å². The quantitative estimate of drug-likeness (QED) is 0.492. The van der Waals surface area contributed by atoms with Gasteiger partial charge < -0.3 is 15.3 Å². The van der Waals surface area contributed by atoms with Crippen molar-refractivity contribution in [2.45, 2.75) is 83.6 Å². The molecule has 1 saturated heterocycles. The van der Waals surface area contributed by atoms with Crippen molar-refractivity contribution in [1.29, 1.82) is 0 Å². The van der Waals surface area contributed by atoms with Crippen LogP contribution in [0.5, 0.6) is 0 Å². The minimum Gasteiger partial charge on any atom is -0.478 e. The number of likely N-dealkylation sites (N-methyl/N-ethyl adjacent to an activating group) is 2. The first kappa shape index (κ1) is 29.9. The highest BCUT2D eigenvalue weighted by Crippen LogP contribution is 2.51. The molecule has 1 aromatic carbocycles. The summed E-state index contributed by atoms with van der Waals surface area (Å²) < 4.78 is -0.376. The molecule has 0 radical (unpaired) electrons. The van der Waals surface area contributed by atoms with Gasteiger partial charge in [-0.25, -0.2) is 4.79 Å². The lowest BCUT2D eigenvalue weighted by atomic mass is 9.84. The molecule has 36 heavy (non-hydrogen) atoms. The van der Waals surface area contributed by atoms with E-state index in [1.54, 1.807) is 29.8 Å². The molecule has 0 aliphatic carbocycles. The highest BCUT2D eigenvalue weighted by Gasteiger charge is 2.51. The summed E-state index contributed by atoms with van der Waals surface area (Å²) in [5, 5.41) is 12.5. The van der Waals surface area contributed by atoms with Crippen LogP contribution >= 0.6 is 11.8 Å². The van der Waals surface area contributed by atoms with Gasteiger partial charge in [0.2, 0.25) is 11.8 Å². The van der Waals surface area contributed by atoms with Crippen LogP contribution in [0.3, 0.4) is 0 Å². The SMILES string of the molecule is C/C(=C\[C@H](C(C)C)N(C)C(=O)[C@@H](NC(=O)[C@@H]1N(C)[C@@H](c2ccccc2)SC1(C)C)C(C)(C)C)C(=O)O. The lowest BCUT2D eigenvalue weighted by Gasteiger charge is -2.39. The normalized spacial score (nSPS) is 22.2. The predicted octanol–water partition coefficient (Wildman–Crippen LogP) is 4.56. The van der Waals surface area contributed by atoms with Crippen LogP contribution in [-0.4, -0.2) is 69.7 Å². The van der Waals surface area contributed by atoms with Gasteiger partial charge in [-0.15, -0.1) is 11.8 Å². The summed E-state index contributed by atoms with van der Waals surface area (Å²) in [4.78, 5) is 42.6. The fraction of sp³-hybridized carbons (Fsp3) is 0.607. The maximum atomic E-state index is 13.8. The molecule has 2 N–H and O–H groups in total. The Labute approximate surface area is 220 Å². The molecule has 2 rings (SSSR count). The number of rotatable bonds is 8. The minimum atomic E-state index is -1.01. The maximum Gasteiger partial charge on any atom is 0.331 e. The van der Waals surface area contributed by atoms with Crippen LogP contribution in [0.1, 0.15) is 66.3 Å². The van der Waals surface area contributed by atoms with Crippen molar-refractivity contribution in [2.75, 3.05) is 14.1 Å². The molecule has 0 spiro atoms. The van der Waals surface area contributed by atoms with Gasteiger partial charge in [-0.1, -0.05) is 71.0 Å². The Balaban J connectivity index is 2.34. The second-order valence-electron chi connectivity index (χ2n) is 11.7. The summed E-state index contributed by atoms with van der Waals surface area (Å²) in [6, 6.07) is 8.48. The number of hydrogen-bond donors (Lipinski definition) is 2. The zero-order chi connectivity index (χ0) is 27.6. The Hall–Kier alpha value is -2.32. The van der Waals surface area contributed by atoms with Crippen molar-refractivity contribution in [2.24, 2.45) is 11.3 Å². The molecule has 1 heterocycles. The molecule has 0 saturated carbocycles. The van der Waals surface area contributed by atoms with Gasteiger partial charge in [0.25, 0.3) is 0 Å². The van der Waals surface area contributed by atoms with Crippen molar-refractivity contribution < 1.29 is 19.5 Å². The molecule has 7 nitrogen and oxygen atoms in total. The van der Waals surface area contributed by atoms with Crippen LogP contribution in [0.25, 0.3) is 0 Å². The third kappa shape index (κ3) is 6.71. The molecule has 2 amide bonds. The highest BCUT2D eigenvalue weighted by atomic mass is 32.2. The topological polar surface area (TPSA) is 90.0 Å². The van der Waals surface area contributed by atoms with E-state index in [9.17, 15) is 19.5 Å². The highest BCUT2D eigenvalue weighted by molar-refractivity contribution is 8.01. The van der Waals surface area contributed by atoms with Crippen molar-refractivity contribution in [3.8, 4) is 0 Å². The first-order valence-corrected chi connectivity index (χ1v) is 13.3. The number of nitrogens with one attached hydrogen (secondary N) is 1. The van der Waals surface area contributed by atoms with Crippen LogP contribution in [-0.2, 0) is 14.4 Å². The molecule has 4 atom stereocenters. The Morgan fingerprint density at radius 2 is 1.72 bits per heavy atom. The van der Waals surface area contributed by atoms with Crippen LogP contribution in [0.2, 0.25) is 0 Å². The Morgan fingerprint density at radius 1 is 1.17 bits per heavy atom. The number of carboxylic acid groups (broad SMARTS) is 1. The molecule has 1 aliphatic heterocycles. The maximum absolute atomic E-state index is 13.8. The number of aliphatic carboxylic acids is 1. The van der Waals surface area contributed by atoms with Gasteiger partial charge in [0, 0.05) is 17.4 Å². The first-order chi connectivity index (χ1) is 16.5. The van der Waals surface area contributed by atoms with E-state index in [0.717, 1.165) is 5.56 Å². The summed E-state index contributed by atoms with van der Waals surface area (Å²) in [5.41, 5.74) is 0.765. The second kappa shape index (κ2) is 11.4. The molecule has 1 aliphatic rings. The number of benzene rings is 1. The van der Waals surface area contributed by atoms with E-state index in [-0.39, 0.29) is 33.4 Å². The third-order valence-corrected chi connectivity index (χ3v) is 8.48. The molecule has 0 aromatic heterocycles. The number of nitrogens with zero attached hydrogens (tertiary/aromatic N) is 2. The van der Waals surface area contributed by atoms with Gasteiger partial charge in [-0.2, -0.15) is 0 Å². The number of thioether (sulfide) groups is 1. The van der Waals surface area contributed by atoms with Crippen LogP contribution in [0.4, 0.5) is 0 Å². The number of carbonyl (C=O) groups excluding carboxylic acids is 2. The van der Waals surface area contributed by atoms with E-state index in [4.69, 9.17) is 0 Å². The van der Waals surface area contributed by atoms with Gasteiger partial charge >= 0.3 is 5.97 Å². The summed E-state index contributed by atoms with van der Waals surface area (Å²) in [5.74, 6) is -1.45. The smallest absolute Gasteiger partial charge is 0.331 e. The molecule has 0 bridgehead atoms. The zero-order valence-corrected chi connectivity index (χ0v) is 24.1. The van der Waals surface area contributed by atoms with E-state index >= 15 is 0 Å². The lowest BCUT2D eigenvalue weighted by Crippen LogP contribution is -2.60. The Morgan fingerprint density at radius 3 is 2.19 bits per heavy atom. The van der Waals surface area contributed by atoms with Crippen molar-refractivity contribution in [1.82, 2.24) is 15.1 Å². The zero-order valence-electron chi connectivity index (χ0n) is 23.3. The molecule has 8 heteroatoms. The lowest BCUT2D eigenvalue weighted by molar-refractivity contribution is -0.141. The van der Waals surface area contributed by atoms with Gasteiger partial charge in [-0.3, -0.25) is 14.5 Å². The minimum absolute atomic E-state index is 0.00695. The van der Waals surface area contributed by atoms with E-state index in [0.29, 0.717) is 0 Å². The summed E-state index contributed by atoms with van der Waals surface area (Å²) >= 11 is 1.74. The number of carboxylic acids is 1. The molecule has 200 valence electrons. The van der Waals surface area contributed by atoms with E-state index < -0.39 is 29.5 Å². The largest absolute Gasteiger partial charge is 0.478 e. The van der Waals surface area contributed by atoms with Gasteiger partial charge in [0.15, 0.2) is 0 Å². The molecule has 1 fully saturated rings. The fourth-order valence-corrected chi connectivity index (χ4v) is 6.34. The van der Waals surface area contributed by atoms with Gasteiger partial charge in [0.1, 0.15) is 12.1 Å². The van der Waals surface area contributed by atoms with E-state index in [1.807, 2.05) is 59.9 Å².